The molecule has 0 spiro atoms. The molecule has 0 unspecified atom stereocenters. The molecular formula is C22H21F2N3O3S2. The second-order valence-corrected chi connectivity index (χ2v) is 10.4. The number of nitrogens with zero attached hydrogens (tertiary/aromatic N) is 2. The summed E-state index contributed by atoms with van der Waals surface area (Å²) in [5.41, 5.74) is 1.44. The van der Waals surface area contributed by atoms with Gasteiger partial charge in [0.1, 0.15) is 11.6 Å². The standard InChI is InChI=1S/C22H21F2N3O3S2/c1-14-2-5-17(6-3-14)32(29,30)27-10-8-15(9-11-27)21(28)26-22-25-20(13-31-22)18-7-4-16(23)12-19(18)24/h2-7,12-13,15H,8-11H2,1H3,(H,25,26,28). The molecule has 1 amide bonds. The maximum atomic E-state index is 14.0. The lowest BCUT2D eigenvalue weighted by Crippen LogP contribution is -2.41. The van der Waals surface area contributed by atoms with E-state index in [2.05, 4.69) is 10.3 Å². The average Bonchev–Trinajstić information content (AvgIpc) is 3.22. The SMILES string of the molecule is Cc1ccc(S(=O)(=O)N2CCC(C(=O)Nc3nc(-c4ccc(F)cc4F)cs3)CC2)cc1. The van der Waals surface area contributed by atoms with Crippen molar-refractivity contribution in [3.63, 3.8) is 0 Å². The molecule has 0 radical (unpaired) electrons. The number of carbonyl (C=O) groups is 1. The number of carbonyl (C=O) groups excluding carboxylic acids is 1. The Morgan fingerprint density at radius 1 is 1.12 bits per heavy atom. The molecule has 0 saturated carbocycles. The van der Waals surface area contributed by atoms with Crippen LogP contribution in [-0.4, -0.2) is 36.7 Å². The van der Waals surface area contributed by atoms with Crippen LogP contribution in [-0.2, 0) is 14.8 Å². The van der Waals surface area contributed by atoms with Gasteiger partial charge in [0.25, 0.3) is 0 Å². The van der Waals surface area contributed by atoms with E-state index in [1.54, 1.807) is 29.6 Å². The Balaban J connectivity index is 1.37. The minimum absolute atomic E-state index is 0.151. The van der Waals surface area contributed by atoms with E-state index >= 15 is 0 Å². The Kier molecular flexibility index (Phi) is 6.36. The summed E-state index contributed by atoms with van der Waals surface area (Å²) in [5.74, 6) is -2.01. The van der Waals surface area contributed by atoms with Crippen molar-refractivity contribution in [2.75, 3.05) is 18.4 Å². The fourth-order valence-electron chi connectivity index (χ4n) is 3.58. The third kappa shape index (κ3) is 4.72. The van der Waals surface area contributed by atoms with E-state index in [1.807, 2.05) is 6.92 Å². The van der Waals surface area contributed by atoms with Gasteiger partial charge >= 0.3 is 0 Å². The minimum Gasteiger partial charge on any atom is -0.302 e. The molecule has 0 atom stereocenters. The molecule has 1 N–H and O–H groups in total. The zero-order valence-electron chi connectivity index (χ0n) is 17.2. The molecule has 0 aliphatic carbocycles. The molecule has 0 bridgehead atoms. The Labute approximate surface area is 189 Å². The number of rotatable bonds is 5. The maximum absolute atomic E-state index is 14.0. The number of amides is 1. The highest BCUT2D eigenvalue weighted by Crippen LogP contribution is 2.29. The minimum atomic E-state index is -3.59. The van der Waals surface area contributed by atoms with Crippen molar-refractivity contribution < 1.29 is 22.0 Å². The molecule has 32 heavy (non-hydrogen) atoms. The summed E-state index contributed by atoms with van der Waals surface area (Å²) in [6.07, 6.45) is 0.781. The average molecular weight is 478 g/mol. The van der Waals surface area contributed by atoms with Gasteiger partial charge in [-0.25, -0.2) is 22.2 Å². The Morgan fingerprint density at radius 3 is 2.47 bits per heavy atom. The quantitative estimate of drug-likeness (QED) is 0.589. The van der Waals surface area contributed by atoms with Crippen molar-refractivity contribution in [2.24, 2.45) is 5.92 Å². The van der Waals surface area contributed by atoms with Gasteiger partial charge in [-0.1, -0.05) is 17.7 Å². The number of aryl methyl sites for hydroxylation is 1. The van der Waals surface area contributed by atoms with Crippen LogP contribution in [0.5, 0.6) is 0 Å². The highest BCUT2D eigenvalue weighted by molar-refractivity contribution is 7.89. The van der Waals surface area contributed by atoms with Crippen LogP contribution >= 0.6 is 11.3 Å². The number of sulfonamides is 1. The largest absolute Gasteiger partial charge is 0.302 e. The number of benzene rings is 2. The number of hydrogen-bond acceptors (Lipinski definition) is 5. The van der Waals surface area contributed by atoms with Crippen LogP contribution in [0.3, 0.4) is 0 Å². The molecule has 1 aliphatic rings. The summed E-state index contributed by atoms with van der Waals surface area (Å²) in [6, 6.07) is 9.93. The van der Waals surface area contributed by atoms with E-state index < -0.39 is 21.7 Å². The first-order valence-corrected chi connectivity index (χ1v) is 12.3. The van der Waals surface area contributed by atoms with Gasteiger partial charge in [-0.05, 0) is 44.0 Å². The number of nitrogens with one attached hydrogen (secondary N) is 1. The van der Waals surface area contributed by atoms with Gasteiger partial charge in [0.2, 0.25) is 15.9 Å². The van der Waals surface area contributed by atoms with Gasteiger partial charge in [0, 0.05) is 36.0 Å². The molecule has 3 aromatic rings. The van der Waals surface area contributed by atoms with Gasteiger partial charge in [0.15, 0.2) is 5.13 Å². The van der Waals surface area contributed by atoms with Gasteiger partial charge in [-0.2, -0.15) is 4.31 Å². The van der Waals surface area contributed by atoms with Crippen molar-refractivity contribution in [3.05, 3.63) is 65.0 Å². The van der Waals surface area contributed by atoms with Crippen LogP contribution in [0.1, 0.15) is 18.4 Å². The third-order valence-corrected chi connectivity index (χ3v) is 8.10. The number of aromatic nitrogens is 1. The summed E-state index contributed by atoms with van der Waals surface area (Å²) >= 11 is 1.14. The zero-order valence-corrected chi connectivity index (χ0v) is 18.8. The van der Waals surface area contributed by atoms with Crippen LogP contribution in [0, 0.1) is 24.5 Å². The highest BCUT2D eigenvalue weighted by atomic mass is 32.2. The Hall–Kier alpha value is -2.69. The topological polar surface area (TPSA) is 79.4 Å². The van der Waals surface area contributed by atoms with Crippen LogP contribution in [0.25, 0.3) is 11.3 Å². The molecule has 6 nitrogen and oxygen atoms in total. The molecule has 10 heteroatoms. The summed E-state index contributed by atoms with van der Waals surface area (Å²) in [6.45, 7) is 2.39. The van der Waals surface area contributed by atoms with E-state index in [9.17, 15) is 22.0 Å². The van der Waals surface area contributed by atoms with Crippen molar-refractivity contribution in [3.8, 4) is 11.3 Å². The van der Waals surface area contributed by atoms with Gasteiger partial charge in [-0.15, -0.1) is 11.3 Å². The van der Waals surface area contributed by atoms with Gasteiger partial charge in [0.05, 0.1) is 10.6 Å². The van der Waals surface area contributed by atoms with Crippen molar-refractivity contribution in [2.45, 2.75) is 24.7 Å². The Bertz CT molecular complexity index is 1240. The maximum Gasteiger partial charge on any atom is 0.243 e. The van der Waals surface area contributed by atoms with E-state index in [1.165, 1.54) is 10.4 Å². The van der Waals surface area contributed by atoms with Crippen molar-refractivity contribution in [1.29, 1.82) is 0 Å². The molecule has 168 valence electrons. The van der Waals surface area contributed by atoms with Crippen molar-refractivity contribution >= 4 is 32.4 Å². The van der Waals surface area contributed by atoms with Crippen LogP contribution in [0.4, 0.5) is 13.9 Å². The second-order valence-electron chi connectivity index (χ2n) is 7.64. The second kappa shape index (κ2) is 9.05. The number of thiazole rings is 1. The predicted octanol–water partition coefficient (Wildman–Crippen LogP) is 4.44. The zero-order chi connectivity index (χ0) is 22.9. The molecule has 2 heterocycles. The summed E-state index contributed by atoms with van der Waals surface area (Å²) in [5, 5.41) is 4.62. The summed E-state index contributed by atoms with van der Waals surface area (Å²) < 4.78 is 54.1. The molecule has 1 aromatic heterocycles. The van der Waals surface area contributed by atoms with E-state index in [4.69, 9.17) is 0 Å². The van der Waals surface area contributed by atoms with E-state index in [0.29, 0.717) is 23.7 Å². The lowest BCUT2D eigenvalue weighted by Gasteiger charge is -2.30. The summed E-state index contributed by atoms with van der Waals surface area (Å²) in [4.78, 5) is 17.1. The third-order valence-electron chi connectivity index (χ3n) is 5.42. The fraction of sp³-hybridized carbons (Fsp3) is 0.273. The first-order valence-electron chi connectivity index (χ1n) is 10.0. The Morgan fingerprint density at radius 2 is 1.81 bits per heavy atom. The van der Waals surface area contributed by atoms with Crippen LogP contribution in [0.15, 0.2) is 52.7 Å². The van der Waals surface area contributed by atoms with Crippen molar-refractivity contribution in [1.82, 2.24) is 9.29 Å². The smallest absolute Gasteiger partial charge is 0.243 e. The number of piperidine rings is 1. The first kappa shape index (κ1) is 22.5. The molecule has 1 fully saturated rings. The van der Waals surface area contributed by atoms with E-state index in [-0.39, 0.29) is 35.4 Å². The molecular weight excluding hydrogens is 456 g/mol. The number of anilines is 1. The van der Waals surface area contributed by atoms with Gasteiger partial charge in [-0.3, -0.25) is 4.79 Å². The number of hydrogen-bond donors (Lipinski definition) is 1. The molecule has 1 aliphatic heterocycles. The normalized spacial score (nSPS) is 15.6. The highest BCUT2D eigenvalue weighted by Gasteiger charge is 2.32. The fourth-order valence-corrected chi connectivity index (χ4v) is 5.76. The summed E-state index contributed by atoms with van der Waals surface area (Å²) in [7, 11) is -3.59. The van der Waals surface area contributed by atoms with Crippen LogP contribution < -0.4 is 5.32 Å². The molecule has 4 rings (SSSR count). The lowest BCUT2D eigenvalue weighted by atomic mass is 9.97. The van der Waals surface area contributed by atoms with E-state index in [0.717, 1.165) is 29.0 Å². The molecule has 2 aromatic carbocycles. The predicted molar refractivity (Wildman–Crippen MR) is 119 cm³/mol. The first-order chi connectivity index (χ1) is 15.2. The lowest BCUT2D eigenvalue weighted by molar-refractivity contribution is -0.120. The molecule has 1 saturated heterocycles. The monoisotopic (exact) mass is 477 g/mol. The van der Waals surface area contributed by atoms with Gasteiger partial charge < -0.3 is 5.32 Å². The van der Waals surface area contributed by atoms with Crippen LogP contribution in [0.2, 0.25) is 0 Å². The number of halogens is 2.